The SMILES string of the molecule is FC(F)c1ccc(N2CCCNCC2)cc1. The molecule has 0 atom stereocenters. The van der Waals surface area contributed by atoms with Gasteiger partial charge in [-0.25, -0.2) is 8.78 Å². The lowest BCUT2D eigenvalue weighted by atomic mass is 10.2. The van der Waals surface area contributed by atoms with Crippen LogP contribution in [0, 0.1) is 0 Å². The minimum atomic E-state index is -2.38. The molecule has 16 heavy (non-hydrogen) atoms. The lowest BCUT2D eigenvalue weighted by Crippen LogP contribution is -2.27. The van der Waals surface area contributed by atoms with Gasteiger partial charge in [-0.15, -0.1) is 0 Å². The molecule has 0 amide bonds. The van der Waals surface area contributed by atoms with E-state index in [0.29, 0.717) is 0 Å². The van der Waals surface area contributed by atoms with Gasteiger partial charge in [-0.3, -0.25) is 0 Å². The molecule has 0 aliphatic carbocycles. The van der Waals surface area contributed by atoms with Gasteiger partial charge in [0.15, 0.2) is 0 Å². The third-order valence-electron chi connectivity index (χ3n) is 2.85. The van der Waals surface area contributed by atoms with Crippen molar-refractivity contribution >= 4 is 5.69 Å². The van der Waals surface area contributed by atoms with Gasteiger partial charge in [0, 0.05) is 30.9 Å². The Hall–Kier alpha value is -1.16. The van der Waals surface area contributed by atoms with E-state index in [2.05, 4.69) is 10.2 Å². The van der Waals surface area contributed by atoms with E-state index in [-0.39, 0.29) is 5.56 Å². The van der Waals surface area contributed by atoms with Gasteiger partial charge >= 0.3 is 0 Å². The average Bonchev–Trinajstić information content (AvgIpc) is 2.57. The van der Waals surface area contributed by atoms with E-state index in [4.69, 9.17) is 0 Å². The predicted octanol–water partition coefficient (Wildman–Crippen LogP) is 2.42. The van der Waals surface area contributed by atoms with Crippen molar-refractivity contribution < 1.29 is 8.78 Å². The lowest BCUT2D eigenvalue weighted by molar-refractivity contribution is 0.151. The molecule has 0 unspecified atom stereocenters. The van der Waals surface area contributed by atoms with Gasteiger partial charge in [-0.2, -0.15) is 0 Å². The first kappa shape index (κ1) is 11.3. The molecule has 0 spiro atoms. The van der Waals surface area contributed by atoms with Crippen LogP contribution in [0.4, 0.5) is 14.5 Å². The van der Waals surface area contributed by atoms with E-state index in [0.717, 1.165) is 38.3 Å². The first-order valence-corrected chi connectivity index (χ1v) is 5.61. The smallest absolute Gasteiger partial charge is 0.263 e. The summed E-state index contributed by atoms with van der Waals surface area (Å²) < 4.78 is 24.8. The molecule has 1 aliphatic heterocycles. The highest BCUT2D eigenvalue weighted by molar-refractivity contribution is 5.48. The third kappa shape index (κ3) is 2.70. The Bertz CT molecular complexity index is 316. The summed E-state index contributed by atoms with van der Waals surface area (Å²) in [5.41, 5.74) is 1.13. The van der Waals surface area contributed by atoms with Gasteiger partial charge in [0.2, 0.25) is 0 Å². The standard InChI is InChI=1S/C12H16F2N2/c13-12(14)10-2-4-11(5-3-10)16-8-1-6-15-7-9-16/h2-5,12,15H,1,6-9H2. The summed E-state index contributed by atoms with van der Waals surface area (Å²) in [7, 11) is 0. The van der Waals surface area contributed by atoms with E-state index in [1.807, 2.05) is 0 Å². The summed E-state index contributed by atoms with van der Waals surface area (Å²) in [5.74, 6) is 0. The van der Waals surface area contributed by atoms with Gasteiger partial charge in [0.25, 0.3) is 6.43 Å². The summed E-state index contributed by atoms with van der Waals surface area (Å²) in [6, 6.07) is 6.59. The van der Waals surface area contributed by atoms with Gasteiger partial charge < -0.3 is 10.2 Å². The topological polar surface area (TPSA) is 15.3 Å². The Morgan fingerprint density at radius 3 is 2.50 bits per heavy atom. The fraction of sp³-hybridized carbons (Fsp3) is 0.500. The summed E-state index contributed by atoms with van der Waals surface area (Å²) in [6.07, 6.45) is -1.28. The first-order valence-electron chi connectivity index (χ1n) is 5.61. The van der Waals surface area contributed by atoms with Crippen molar-refractivity contribution in [1.29, 1.82) is 0 Å². The predicted molar refractivity (Wildman–Crippen MR) is 61.1 cm³/mol. The molecule has 1 aromatic carbocycles. The van der Waals surface area contributed by atoms with E-state index in [9.17, 15) is 8.78 Å². The molecule has 4 heteroatoms. The van der Waals surface area contributed by atoms with Crippen LogP contribution in [0.1, 0.15) is 18.4 Å². The zero-order valence-corrected chi connectivity index (χ0v) is 9.13. The number of hydrogen-bond donors (Lipinski definition) is 1. The average molecular weight is 226 g/mol. The van der Waals surface area contributed by atoms with Crippen molar-refractivity contribution in [3.8, 4) is 0 Å². The van der Waals surface area contributed by atoms with Crippen LogP contribution in [0.3, 0.4) is 0 Å². The second kappa shape index (κ2) is 5.25. The quantitative estimate of drug-likeness (QED) is 0.833. The van der Waals surface area contributed by atoms with Crippen LogP contribution in [-0.4, -0.2) is 26.2 Å². The molecule has 1 saturated heterocycles. The largest absolute Gasteiger partial charge is 0.370 e. The second-order valence-corrected chi connectivity index (χ2v) is 3.98. The number of hydrogen-bond acceptors (Lipinski definition) is 2. The van der Waals surface area contributed by atoms with Crippen molar-refractivity contribution in [2.75, 3.05) is 31.1 Å². The van der Waals surface area contributed by atoms with E-state index >= 15 is 0 Å². The number of nitrogens with zero attached hydrogens (tertiary/aromatic N) is 1. The minimum Gasteiger partial charge on any atom is -0.370 e. The van der Waals surface area contributed by atoms with Crippen molar-refractivity contribution in [2.45, 2.75) is 12.8 Å². The van der Waals surface area contributed by atoms with Crippen molar-refractivity contribution in [2.24, 2.45) is 0 Å². The van der Waals surface area contributed by atoms with Crippen molar-refractivity contribution in [3.63, 3.8) is 0 Å². The van der Waals surface area contributed by atoms with Crippen LogP contribution in [-0.2, 0) is 0 Å². The molecule has 2 rings (SSSR count). The van der Waals surface area contributed by atoms with Crippen molar-refractivity contribution in [1.82, 2.24) is 5.32 Å². The first-order chi connectivity index (χ1) is 7.77. The Morgan fingerprint density at radius 1 is 1.06 bits per heavy atom. The fourth-order valence-electron chi connectivity index (χ4n) is 1.93. The van der Waals surface area contributed by atoms with Crippen molar-refractivity contribution in [3.05, 3.63) is 29.8 Å². The Labute approximate surface area is 94.3 Å². The van der Waals surface area contributed by atoms with E-state index in [1.165, 1.54) is 12.1 Å². The lowest BCUT2D eigenvalue weighted by Gasteiger charge is -2.22. The molecule has 88 valence electrons. The van der Waals surface area contributed by atoms with Gasteiger partial charge in [-0.05, 0) is 25.1 Å². The molecule has 2 nitrogen and oxygen atoms in total. The number of halogens is 2. The number of rotatable bonds is 2. The number of alkyl halides is 2. The maximum absolute atomic E-state index is 12.4. The van der Waals surface area contributed by atoms with Crippen LogP contribution in [0.5, 0.6) is 0 Å². The minimum absolute atomic E-state index is 0.0942. The van der Waals surface area contributed by atoms with Gasteiger partial charge in [0.05, 0.1) is 0 Å². The molecule has 0 aromatic heterocycles. The summed E-state index contributed by atoms with van der Waals surface area (Å²) in [5, 5.41) is 3.31. The van der Waals surface area contributed by atoms with Gasteiger partial charge in [-0.1, -0.05) is 12.1 Å². The van der Waals surface area contributed by atoms with Crippen LogP contribution in [0.15, 0.2) is 24.3 Å². The normalized spacial score (nSPS) is 17.6. The number of anilines is 1. The third-order valence-corrected chi connectivity index (χ3v) is 2.85. The fourth-order valence-corrected chi connectivity index (χ4v) is 1.93. The molecule has 1 fully saturated rings. The monoisotopic (exact) mass is 226 g/mol. The van der Waals surface area contributed by atoms with E-state index < -0.39 is 6.43 Å². The molecule has 0 bridgehead atoms. The maximum Gasteiger partial charge on any atom is 0.263 e. The molecule has 0 saturated carbocycles. The molecule has 1 aromatic rings. The molecule has 0 radical (unpaired) electrons. The molecule has 1 heterocycles. The number of nitrogens with one attached hydrogen (secondary N) is 1. The molecule has 1 N–H and O–H groups in total. The molecule has 1 aliphatic rings. The Balaban J connectivity index is 2.07. The summed E-state index contributed by atoms with van der Waals surface area (Å²) in [4.78, 5) is 2.23. The maximum atomic E-state index is 12.4. The van der Waals surface area contributed by atoms with Crippen LogP contribution >= 0.6 is 0 Å². The number of benzene rings is 1. The molecular weight excluding hydrogens is 210 g/mol. The molecular formula is C12H16F2N2. The van der Waals surface area contributed by atoms with Crippen LogP contribution in [0.25, 0.3) is 0 Å². The Morgan fingerprint density at radius 2 is 1.81 bits per heavy atom. The Kier molecular flexibility index (Phi) is 3.72. The van der Waals surface area contributed by atoms with Crippen LogP contribution in [0.2, 0.25) is 0 Å². The highest BCUT2D eigenvalue weighted by Crippen LogP contribution is 2.22. The van der Waals surface area contributed by atoms with Gasteiger partial charge in [0.1, 0.15) is 0 Å². The second-order valence-electron chi connectivity index (χ2n) is 3.98. The highest BCUT2D eigenvalue weighted by atomic mass is 19.3. The van der Waals surface area contributed by atoms with Crippen LogP contribution < -0.4 is 10.2 Å². The zero-order valence-electron chi connectivity index (χ0n) is 9.13. The van der Waals surface area contributed by atoms with E-state index in [1.54, 1.807) is 12.1 Å². The summed E-state index contributed by atoms with van der Waals surface area (Å²) in [6.45, 7) is 3.91. The zero-order chi connectivity index (χ0) is 11.4. The highest BCUT2D eigenvalue weighted by Gasteiger charge is 2.11. The summed E-state index contributed by atoms with van der Waals surface area (Å²) >= 11 is 0.